The first kappa shape index (κ1) is 13.9. The van der Waals surface area contributed by atoms with Crippen LogP contribution in [0.1, 0.15) is 24.3 Å². The Morgan fingerprint density at radius 1 is 1.44 bits per heavy atom. The number of nitrogens with zero attached hydrogens (tertiary/aromatic N) is 1. The summed E-state index contributed by atoms with van der Waals surface area (Å²) in [5.74, 6) is 4.55. The maximum Gasteiger partial charge on any atom is 0.270 e. The van der Waals surface area contributed by atoms with Crippen LogP contribution in [0.2, 0.25) is 0 Å². The van der Waals surface area contributed by atoms with Crippen LogP contribution in [0, 0.1) is 0 Å². The van der Waals surface area contributed by atoms with Gasteiger partial charge in [0.05, 0.1) is 12.2 Å². The third-order valence-electron chi connectivity index (χ3n) is 2.02. The zero-order chi connectivity index (χ0) is 13.5. The molecule has 0 aliphatic rings. The average molecular weight is 251 g/mol. The number of carbonyl (C=O) groups is 2. The van der Waals surface area contributed by atoms with Crippen molar-refractivity contribution in [1.82, 2.24) is 15.6 Å². The maximum absolute atomic E-state index is 11.7. The summed E-state index contributed by atoms with van der Waals surface area (Å²) in [6.07, 6.45) is 1.46. The number of aromatic nitrogens is 1. The predicted molar refractivity (Wildman–Crippen MR) is 67.7 cm³/mol. The molecule has 0 atom stereocenters. The first-order chi connectivity index (χ1) is 8.52. The van der Waals surface area contributed by atoms with E-state index in [0.29, 0.717) is 5.69 Å². The topological polar surface area (TPSA) is 109 Å². The third-order valence-corrected chi connectivity index (χ3v) is 2.02. The first-order valence-corrected chi connectivity index (χ1v) is 5.53. The molecule has 5 N–H and O–H groups in total. The van der Waals surface area contributed by atoms with Gasteiger partial charge in [-0.3, -0.25) is 20.4 Å². The second kappa shape index (κ2) is 6.55. The van der Waals surface area contributed by atoms with Crippen LogP contribution in [0.25, 0.3) is 0 Å². The van der Waals surface area contributed by atoms with Crippen molar-refractivity contribution in [3.63, 3.8) is 0 Å². The van der Waals surface area contributed by atoms with Crippen LogP contribution < -0.4 is 21.9 Å². The number of nitrogens with one attached hydrogen (secondary N) is 3. The molecule has 18 heavy (non-hydrogen) atoms. The van der Waals surface area contributed by atoms with E-state index in [9.17, 15) is 9.59 Å². The van der Waals surface area contributed by atoms with Gasteiger partial charge in [-0.15, -0.1) is 0 Å². The number of anilines is 1. The Labute approximate surface area is 105 Å². The van der Waals surface area contributed by atoms with Gasteiger partial charge in [0.25, 0.3) is 5.91 Å². The summed E-state index contributed by atoms with van der Waals surface area (Å²) < 4.78 is 0. The molecule has 0 fully saturated rings. The molecular formula is C11H17N5O2. The van der Waals surface area contributed by atoms with Crippen molar-refractivity contribution in [2.75, 3.05) is 12.0 Å². The molecule has 1 aromatic heterocycles. The van der Waals surface area contributed by atoms with Gasteiger partial charge in [0.15, 0.2) is 0 Å². The average Bonchev–Trinajstić information content (AvgIpc) is 2.35. The first-order valence-electron chi connectivity index (χ1n) is 5.53. The van der Waals surface area contributed by atoms with Crippen molar-refractivity contribution in [1.29, 1.82) is 0 Å². The summed E-state index contributed by atoms with van der Waals surface area (Å²) in [5, 5.41) is 5.14. The summed E-state index contributed by atoms with van der Waals surface area (Å²) >= 11 is 0. The van der Waals surface area contributed by atoms with E-state index in [-0.39, 0.29) is 24.2 Å². The molecule has 0 aromatic carbocycles. The zero-order valence-electron chi connectivity index (χ0n) is 10.4. The highest BCUT2D eigenvalue weighted by Gasteiger charge is 2.10. The summed E-state index contributed by atoms with van der Waals surface area (Å²) in [5.41, 5.74) is 3.18. The van der Waals surface area contributed by atoms with E-state index < -0.39 is 5.91 Å². The Balaban J connectivity index is 2.52. The zero-order valence-corrected chi connectivity index (χ0v) is 10.4. The molecule has 0 spiro atoms. The number of carbonyl (C=O) groups excluding carboxylic acids is 2. The lowest BCUT2D eigenvalue weighted by atomic mass is 10.3. The number of hydrogen-bond acceptors (Lipinski definition) is 5. The lowest BCUT2D eigenvalue weighted by Gasteiger charge is -2.09. The summed E-state index contributed by atoms with van der Waals surface area (Å²) in [4.78, 5) is 26.9. The molecular weight excluding hydrogens is 234 g/mol. The van der Waals surface area contributed by atoms with E-state index in [0.717, 1.165) is 0 Å². The van der Waals surface area contributed by atoms with Crippen LogP contribution in [-0.4, -0.2) is 29.4 Å². The molecule has 1 aromatic rings. The predicted octanol–water partition coefficient (Wildman–Crippen LogP) is -0.378. The number of pyridine rings is 1. The molecule has 1 rings (SSSR count). The molecule has 0 saturated carbocycles. The molecule has 0 radical (unpaired) electrons. The molecule has 7 nitrogen and oxygen atoms in total. The Morgan fingerprint density at radius 2 is 2.17 bits per heavy atom. The van der Waals surface area contributed by atoms with Crippen LogP contribution in [0.4, 0.5) is 5.69 Å². The minimum Gasteiger partial charge on any atom is -0.352 e. The SMILES string of the molecule is CC(C)NC(=O)CNC(=O)c1cc(NN)ccn1. The van der Waals surface area contributed by atoms with Crippen LogP contribution in [0.5, 0.6) is 0 Å². The molecule has 0 aliphatic carbocycles. The second-order valence-corrected chi connectivity index (χ2v) is 3.98. The van der Waals surface area contributed by atoms with Crippen molar-refractivity contribution in [2.24, 2.45) is 5.84 Å². The number of nitrogens with two attached hydrogens (primary N) is 1. The number of hydrogen-bond donors (Lipinski definition) is 4. The van der Waals surface area contributed by atoms with Crippen molar-refractivity contribution < 1.29 is 9.59 Å². The lowest BCUT2D eigenvalue weighted by molar-refractivity contribution is -0.120. The highest BCUT2D eigenvalue weighted by atomic mass is 16.2. The van der Waals surface area contributed by atoms with Crippen molar-refractivity contribution in [2.45, 2.75) is 19.9 Å². The van der Waals surface area contributed by atoms with Gasteiger partial charge in [-0.25, -0.2) is 0 Å². The molecule has 0 saturated heterocycles. The third kappa shape index (κ3) is 4.38. The summed E-state index contributed by atoms with van der Waals surface area (Å²) in [7, 11) is 0. The molecule has 0 unspecified atom stereocenters. The largest absolute Gasteiger partial charge is 0.352 e. The van der Waals surface area contributed by atoms with Gasteiger partial charge < -0.3 is 16.1 Å². The molecule has 0 aliphatic heterocycles. The number of nitrogen functional groups attached to an aromatic ring is 1. The van der Waals surface area contributed by atoms with E-state index in [1.165, 1.54) is 12.3 Å². The van der Waals surface area contributed by atoms with Gasteiger partial charge in [-0.05, 0) is 26.0 Å². The Bertz CT molecular complexity index is 433. The van der Waals surface area contributed by atoms with Gasteiger partial charge in [-0.2, -0.15) is 0 Å². The minimum atomic E-state index is -0.425. The van der Waals surface area contributed by atoms with Gasteiger partial charge in [0.2, 0.25) is 5.91 Å². The fraction of sp³-hybridized carbons (Fsp3) is 0.364. The van der Waals surface area contributed by atoms with Crippen LogP contribution >= 0.6 is 0 Å². The molecule has 0 bridgehead atoms. The smallest absolute Gasteiger partial charge is 0.270 e. The maximum atomic E-state index is 11.7. The van der Waals surface area contributed by atoms with E-state index in [1.54, 1.807) is 6.07 Å². The molecule has 1 heterocycles. The van der Waals surface area contributed by atoms with E-state index in [2.05, 4.69) is 21.0 Å². The van der Waals surface area contributed by atoms with Crippen molar-refractivity contribution in [3.8, 4) is 0 Å². The van der Waals surface area contributed by atoms with Crippen LogP contribution in [0.3, 0.4) is 0 Å². The van der Waals surface area contributed by atoms with Crippen LogP contribution in [0.15, 0.2) is 18.3 Å². The Kier molecular flexibility index (Phi) is 5.06. The van der Waals surface area contributed by atoms with Crippen molar-refractivity contribution >= 4 is 17.5 Å². The number of amides is 2. The van der Waals surface area contributed by atoms with Gasteiger partial charge in [0.1, 0.15) is 5.69 Å². The van der Waals surface area contributed by atoms with Crippen molar-refractivity contribution in [3.05, 3.63) is 24.0 Å². The molecule has 2 amide bonds. The van der Waals surface area contributed by atoms with Gasteiger partial charge >= 0.3 is 0 Å². The summed E-state index contributed by atoms with van der Waals surface area (Å²) in [6, 6.07) is 3.16. The quantitative estimate of drug-likeness (QED) is 0.421. The van der Waals surface area contributed by atoms with E-state index in [4.69, 9.17) is 5.84 Å². The lowest BCUT2D eigenvalue weighted by Crippen LogP contribution is -2.40. The van der Waals surface area contributed by atoms with E-state index in [1.807, 2.05) is 13.8 Å². The highest BCUT2D eigenvalue weighted by molar-refractivity contribution is 5.95. The fourth-order valence-corrected chi connectivity index (χ4v) is 1.27. The normalized spacial score (nSPS) is 10.0. The second-order valence-electron chi connectivity index (χ2n) is 3.98. The summed E-state index contributed by atoms with van der Waals surface area (Å²) in [6.45, 7) is 3.61. The Hall–Kier alpha value is -2.15. The molecule has 7 heteroatoms. The number of rotatable bonds is 5. The minimum absolute atomic E-state index is 0.0392. The van der Waals surface area contributed by atoms with E-state index >= 15 is 0 Å². The standard InChI is InChI=1S/C11H17N5O2/c1-7(2)15-10(17)6-14-11(18)9-5-8(16-12)3-4-13-9/h3-5,7H,6,12H2,1-2H3,(H,13,16)(H,14,18)(H,15,17). The highest BCUT2D eigenvalue weighted by Crippen LogP contribution is 2.05. The van der Waals surface area contributed by atoms with Crippen LogP contribution in [-0.2, 0) is 4.79 Å². The fourth-order valence-electron chi connectivity index (χ4n) is 1.27. The molecule has 98 valence electrons. The monoisotopic (exact) mass is 251 g/mol. The number of hydrazine groups is 1. The van der Waals surface area contributed by atoms with Gasteiger partial charge in [0, 0.05) is 12.2 Å². The Morgan fingerprint density at radius 3 is 2.78 bits per heavy atom. The van der Waals surface area contributed by atoms with Gasteiger partial charge in [-0.1, -0.05) is 0 Å².